The van der Waals surface area contributed by atoms with Crippen LogP contribution in [0.5, 0.6) is 0 Å². The molecule has 26 heavy (non-hydrogen) atoms. The Bertz CT molecular complexity index is 899. The summed E-state index contributed by atoms with van der Waals surface area (Å²) in [6, 6.07) is 7.74. The van der Waals surface area contributed by atoms with Gasteiger partial charge in [0.1, 0.15) is 5.69 Å². The molecule has 0 fully saturated rings. The third-order valence-electron chi connectivity index (χ3n) is 3.75. The molecule has 3 heterocycles. The summed E-state index contributed by atoms with van der Waals surface area (Å²) in [5.41, 5.74) is 3.28. The molecule has 0 amide bonds. The van der Waals surface area contributed by atoms with Crippen LogP contribution in [0, 0.1) is 6.92 Å². The van der Waals surface area contributed by atoms with E-state index in [2.05, 4.69) is 43.5 Å². The van der Waals surface area contributed by atoms with Crippen LogP contribution in [0.15, 0.2) is 47.7 Å². The first kappa shape index (κ1) is 18.1. The normalized spacial score (nSPS) is 10.7. The van der Waals surface area contributed by atoms with Crippen molar-refractivity contribution in [1.29, 1.82) is 0 Å². The molecule has 0 unspecified atom stereocenters. The number of nitrogens with zero attached hydrogens (tertiary/aromatic N) is 4. The van der Waals surface area contributed by atoms with Crippen molar-refractivity contribution < 1.29 is 0 Å². The second-order valence-corrected chi connectivity index (χ2v) is 6.83. The summed E-state index contributed by atoms with van der Waals surface area (Å²) in [5, 5.41) is 10.0. The minimum absolute atomic E-state index is 0.327. The van der Waals surface area contributed by atoms with Crippen molar-refractivity contribution in [3.63, 3.8) is 0 Å². The smallest absolute Gasteiger partial charge is 0.296 e. The van der Waals surface area contributed by atoms with E-state index in [1.54, 1.807) is 24.2 Å². The second-order valence-electron chi connectivity index (χ2n) is 5.72. The number of hydrogen-bond acceptors (Lipinski definition) is 7. The molecular formula is C18H20N6OS. The summed E-state index contributed by atoms with van der Waals surface area (Å²) in [6.07, 6.45) is 5.64. The van der Waals surface area contributed by atoms with Gasteiger partial charge in [0.2, 0.25) is 5.95 Å². The Morgan fingerprint density at radius 2 is 2.08 bits per heavy atom. The standard InChI is InChI=1S/C18H20N6OS/c1-13-4-2-7-20-16(13)12-26-9-8-21-18-22-17(25)15(23-24-18)10-14-5-3-6-19-11-14/h2-7,11H,8-10,12H2,1H3,(H2,21,22,24,25). The van der Waals surface area contributed by atoms with Crippen LogP contribution in [-0.4, -0.2) is 37.4 Å². The van der Waals surface area contributed by atoms with Gasteiger partial charge in [-0.05, 0) is 30.2 Å². The van der Waals surface area contributed by atoms with E-state index in [1.165, 1.54) is 5.56 Å². The number of aryl methyl sites for hydroxylation is 1. The molecule has 0 aliphatic carbocycles. The predicted octanol–water partition coefficient (Wildman–Crippen LogP) is 2.20. The van der Waals surface area contributed by atoms with Gasteiger partial charge in [0.05, 0.1) is 5.69 Å². The van der Waals surface area contributed by atoms with E-state index in [1.807, 2.05) is 24.4 Å². The predicted molar refractivity (Wildman–Crippen MR) is 103 cm³/mol. The van der Waals surface area contributed by atoms with Crippen LogP contribution >= 0.6 is 11.8 Å². The number of nitrogens with one attached hydrogen (secondary N) is 2. The quantitative estimate of drug-likeness (QED) is 0.588. The summed E-state index contributed by atoms with van der Waals surface area (Å²) >= 11 is 1.78. The van der Waals surface area contributed by atoms with Crippen molar-refractivity contribution in [1.82, 2.24) is 25.1 Å². The Labute approximate surface area is 155 Å². The zero-order valence-corrected chi connectivity index (χ0v) is 15.3. The lowest BCUT2D eigenvalue weighted by molar-refractivity contribution is 0.862. The maximum atomic E-state index is 12.1. The average molecular weight is 368 g/mol. The average Bonchev–Trinajstić information content (AvgIpc) is 2.66. The Balaban J connectivity index is 1.46. The number of aromatic nitrogens is 5. The summed E-state index contributed by atoms with van der Waals surface area (Å²) in [4.78, 5) is 24.5. The highest BCUT2D eigenvalue weighted by atomic mass is 32.2. The van der Waals surface area contributed by atoms with Gasteiger partial charge < -0.3 is 5.32 Å². The lowest BCUT2D eigenvalue weighted by Gasteiger charge is -2.06. The van der Waals surface area contributed by atoms with Crippen LogP contribution < -0.4 is 10.9 Å². The Morgan fingerprint density at radius 1 is 1.19 bits per heavy atom. The fraction of sp³-hybridized carbons (Fsp3) is 0.278. The van der Waals surface area contributed by atoms with Gasteiger partial charge in [-0.25, -0.2) is 5.10 Å². The molecule has 0 aliphatic rings. The van der Waals surface area contributed by atoms with E-state index in [4.69, 9.17) is 0 Å². The first-order valence-electron chi connectivity index (χ1n) is 8.29. The monoisotopic (exact) mass is 368 g/mol. The van der Waals surface area contributed by atoms with Gasteiger partial charge in [-0.15, -0.1) is 0 Å². The van der Waals surface area contributed by atoms with Gasteiger partial charge in [0.25, 0.3) is 5.56 Å². The first-order chi connectivity index (χ1) is 12.7. The number of H-pyrrole nitrogens is 1. The van der Waals surface area contributed by atoms with E-state index in [9.17, 15) is 4.79 Å². The summed E-state index contributed by atoms with van der Waals surface area (Å²) in [7, 11) is 0. The molecular weight excluding hydrogens is 348 g/mol. The van der Waals surface area contributed by atoms with Crippen molar-refractivity contribution in [2.45, 2.75) is 19.1 Å². The Morgan fingerprint density at radius 3 is 2.85 bits per heavy atom. The molecule has 0 atom stereocenters. The summed E-state index contributed by atoms with van der Waals surface area (Å²) in [6.45, 7) is 2.75. The zero-order chi connectivity index (χ0) is 18.2. The van der Waals surface area contributed by atoms with Crippen LogP contribution in [0.25, 0.3) is 0 Å². The summed E-state index contributed by atoms with van der Waals surface area (Å²) < 4.78 is 0. The van der Waals surface area contributed by atoms with Gasteiger partial charge >= 0.3 is 0 Å². The van der Waals surface area contributed by atoms with E-state index in [0.29, 0.717) is 24.6 Å². The third kappa shape index (κ3) is 5.13. The molecule has 0 radical (unpaired) electrons. The highest BCUT2D eigenvalue weighted by Gasteiger charge is 2.06. The fourth-order valence-corrected chi connectivity index (χ4v) is 3.22. The minimum Gasteiger partial charge on any atom is -0.354 e. The molecule has 2 N–H and O–H groups in total. The third-order valence-corrected chi connectivity index (χ3v) is 4.72. The van der Waals surface area contributed by atoms with Gasteiger partial charge in [-0.3, -0.25) is 14.8 Å². The molecule has 0 spiro atoms. The van der Waals surface area contributed by atoms with E-state index >= 15 is 0 Å². The molecule has 3 rings (SSSR count). The van der Waals surface area contributed by atoms with Gasteiger partial charge in [0.15, 0.2) is 0 Å². The number of anilines is 1. The van der Waals surface area contributed by atoms with Gasteiger partial charge in [-0.1, -0.05) is 12.1 Å². The molecule has 0 aliphatic heterocycles. The topological polar surface area (TPSA) is 96.5 Å². The Kier molecular flexibility index (Phi) is 6.32. The molecule has 134 valence electrons. The van der Waals surface area contributed by atoms with E-state index in [0.717, 1.165) is 22.8 Å². The van der Waals surface area contributed by atoms with Crippen LogP contribution in [0.1, 0.15) is 22.5 Å². The van der Waals surface area contributed by atoms with Crippen LogP contribution in [0.4, 0.5) is 5.95 Å². The van der Waals surface area contributed by atoms with Crippen molar-refractivity contribution in [3.05, 3.63) is 75.7 Å². The van der Waals surface area contributed by atoms with Gasteiger partial charge in [0, 0.05) is 43.1 Å². The number of aromatic amines is 1. The van der Waals surface area contributed by atoms with Gasteiger partial charge in [-0.2, -0.15) is 21.8 Å². The maximum Gasteiger partial charge on any atom is 0.296 e. The lowest BCUT2D eigenvalue weighted by Crippen LogP contribution is -2.20. The molecule has 0 saturated carbocycles. The van der Waals surface area contributed by atoms with Crippen LogP contribution in [0.2, 0.25) is 0 Å². The molecule has 8 heteroatoms. The molecule has 3 aromatic heterocycles. The Hall–Kier alpha value is -2.74. The number of thioether (sulfide) groups is 1. The highest BCUT2D eigenvalue weighted by Crippen LogP contribution is 2.13. The maximum absolute atomic E-state index is 12.1. The lowest BCUT2D eigenvalue weighted by atomic mass is 10.2. The van der Waals surface area contributed by atoms with Crippen molar-refractivity contribution in [2.75, 3.05) is 17.6 Å². The second kappa shape index (κ2) is 9.10. The van der Waals surface area contributed by atoms with Crippen molar-refractivity contribution in [2.24, 2.45) is 0 Å². The largest absolute Gasteiger partial charge is 0.354 e. The van der Waals surface area contributed by atoms with Crippen LogP contribution in [-0.2, 0) is 12.2 Å². The van der Waals surface area contributed by atoms with E-state index < -0.39 is 0 Å². The molecule has 0 saturated heterocycles. The number of rotatable bonds is 8. The molecule has 3 aromatic rings. The van der Waals surface area contributed by atoms with Crippen LogP contribution in [0.3, 0.4) is 0 Å². The zero-order valence-electron chi connectivity index (χ0n) is 14.5. The molecule has 7 nitrogen and oxygen atoms in total. The van der Waals surface area contributed by atoms with Crippen molar-refractivity contribution >= 4 is 17.7 Å². The minimum atomic E-state index is -0.327. The van der Waals surface area contributed by atoms with E-state index in [-0.39, 0.29) is 5.56 Å². The molecule has 0 aromatic carbocycles. The number of hydrogen-bond donors (Lipinski definition) is 2. The molecule has 0 bridgehead atoms. The fourth-order valence-electron chi connectivity index (χ4n) is 2.33. The summed E-state index contributed by atoms with van der Waals surface area (Å²) in [5.74, 6) is 2.12. The highest BCUT2D eigenvalue weighted by molar-refractivity contribution is 7.98. The first-order valence-corrected chi connectivity index (χ1v) is 9.44. The van der Waals surface area contributed by atoms with Crippen molar-refractivity contribution in [3.8, 4) is 0 Å². The number of pyridine rings is 2. The SMILES string of the molecule is Cc1cccnc1CSCCNc1nc(=O)c(Cc2cccnc2)n[nH]1.